The first kappa shape index (κ1) is 4.61. The van der Waals surface area contributed by atoms with Gasteiger partial charge in [0.05, 0.1) is 0 Å². The zero-order valence-corrected chi connectivity index (χ0v) is 3.47. The Labute approximate surface area is 36.3 Å². The first-order chi connectivity index (χ1) is 1.73. The summed E-state index contributed by atoms with van der Waals surface area (Å²) in [7, 11) is 0. The molecule has 0 bridgehead atoms. The molecule has 0 unspecified atom stereocenters. The van der Waals surface area contributed by atoms with Gasteiger partial charge in [0.1, 0.15) is 0 Å². The summed E-state index contributed by atoms with van der Waals surface area (Å²) >= 11 is 7.07. The molecular formula is CClFFe. The van der Waals surface area contributed by atoms with Crippen molar-refractivity contribution in [3.8, 4) is 0 Å². The van der Waals surface area contributed by atoms with Gasteiger partial charge in [0.2, 0.25) is 0 Å². The van der Waals surface area contributed by atoms with E-state index >= 15 is 0 Å². The average molecular weight is 122 g/mol. The van der Waals surface area contributed by atoms with Crippen LogP contribution in [-0.2, 0) is 15.6 Å². The molecule has 0 nitrogen and oxygen atoms in total. The van der Waals surface area contributed by atoms with E-state index in [0.29, 0.717) is 0 Å². The SMILES string of the molecule is F[C](Cl)=[Fe]. The van der Waals surface area contributed by atoms with E-state index in [1.54, 1.807) is 0 Å². The standard InChI is InChI=1S/CClF.Fe/c2-1-3;. The monoisotopic (exact) mass is 122 g/mol. The molecular weight excluding hydrogens is 122 g/mol. The van der Waals surface area contributed by atoms with Crippen LogP contribution in [0.25, 0.3) is 0 Å². The van der Waals surface area contributed by atoms with E-state index in [0.717, 1.165) is 0 Å². The zero-order chi connectivity index (χ0) is 3.58. The summed E-state index contributed by atoms with van der Waals surface area (Å²) in [5.74, 6) is 0. The molecule has 0 amide bonds. The Hall–Kier alpha value is 0.609. The van der Waals surface area contributed by atoms with E-state index in [2.05, 4.69) is 27.2 Å². The van der Waals surface area contributed by atoms with Crippen LogP contribution in [0, 0.1) is 0 Å². The van der Waals surface area contributed by atoms with Crippen molar-refractivity contribution in [2.45, 2.75) is 0 Å². The first-order valence-corrected chi connectivity index (χ1v) is 1.48. The second kappa shape index (κ2) is 1.89. The van der Waals surface area contributed by atoms with Crippen LogP contribution in [0.3, 0.4) is 0 Å². The third-order valence-electron chi connectivity index (χ3n) is 0. The third-order valence-corrected chi connectivity index (χ3v) is 0. The molecule has 0 rings (SSSR count). The van der Waals surface area contributed by atoms with Crippen LogP contribution in [0.5, 0.6) is 0 Å². The van der Waals surface area contributed by atoms with Gasteiger partial charge in [-0.1, -0.05) is 0 Å². The fraction of sp³-hybridized carbons (Fsp3) is 0. The molecule has 0 saturated heterocycles. The molecule has 0 aliphatic rings. The van der Waals surface area contributed by atoms with E-state index in [1.165, 1.54) is 0 Å². The fourth-order valence-electron chi connectivity index (χ4n) is 0. The molecule has 26 valence electrons. The van der Waals surface area contributed by atoms with Gasteiger partial charge in [-0.2, -0.15) is 0 Å². The van der Waals surface area contributed by atoms with Gasteiger partial charge in [-0.15, -0.1) is 0 Å². The molecule has 0 radical (unpaired) electrons. The molecule has 0 spiro atoms. The summed E-state index contributed by atoms with van der Waals surface area (Å²) in [5, 5.41) is 0. The van der Waals surface area contributed by atoms with Crippen LogP contribution in [0.15, 0.2) is 0 Å². The molecule has 0 aliphatic heterocycles. The fourth-order valence-corrected chi connectivity index (χ4v) is 0. The van der Waals surface area contributed by atoms with Crippen LogP contribution in [0.4, 0.5) is 4.39 Å². The summed E-state index contributed by atoms with van der Waals surface area (Å²) < 4.78 is 9.71. The summed E-state index contributed by atoms with van der Waals surface area (Å²) in [4.78, 5) is 0. The molecule has 0 heterocycles. The Morgan fingerprint density at radius 2 is 2.00 bits per heavy atom. The van der Waals surface area contributed by atoms with Crippen molar-refractivity contribution in [2.24, 2.45) is 0 Å². The van der Waals surface area contributed by atoms with Crippen molar-refractivity contribution >= 4 is 15.7 Å². The number of rotatable bonds is 0. The average Bonchev–Trinajstić information content (AvgIpc) is 0.811. The molecule has 3 heteroatoms. The number of hydrogen-bond donors (Lipinski definition) is 0. The second-order valence-electron chi connectivity index (χ2n) is 0.205. The van der Waals surface area contributed by atoms with E-state index < -0.39 is 4.13 Å². The first-order valence-electron chi connectivity index (χ1n) is 0.555. The van der Waals surface area contributed by atoms with E-state index in [4.69, 9.17) is 0 Å². The minimum atomic E-state index is -0.861. The van der Waals surface area contributed by atoms with Crippen LogP contribution in [0.1, 0.15) is 0 Å². The topological polar surface area (TPSA) is 0 Å². The predicted molar refractivity (Wildman–Crippen MR) is 12.0 cm³/mol. The van der Waals surface area contributed by atoms with Crippen LogP contribution in [-0.4, -0.2) is 4.13 Å². The van der Waals surface area contributed by atoms with E-state index in [9.17, 15) is 4.39 Å². The molecule has 4 heavy (non-hydrogen) atoms. The van der Waals surface area contributed by atoms with Crippen LogP contribution >= 0.6 is 11.6 Å². The Morgan fingerprint density at radius 1 is 2.00 bits per heavy atom. The molecule has 0 N–H and O–H groups in total. The number of halogens is 2. The molecule has 0 aromatic carbocycles. The maximum atomic E-state index is 10.6. The van der Waals surface area contributed by atoms with Crippen LogP contribution in [0.2, 0.25) is 0 Å². The molecule has 0 saturated carbocycles. The molecule has 0 aromatic heterocycles. The Kier molecular flexibility index (Phi) is 2.17. The van der Waals surface area contributed by atoms with E-state index in [1.807, 2.05) is 0 Å². The zero-order valence-electron chi connectivity index (χ0n) is 1.61. The third kappa shape index (κ3) is 18.2. The Morgan fingerprint density at radius 3 is 2.00 bits per heavy atom. The normalized spacial score (nSPS) is 6.75. The van der Waals surface area contributed by atoms with Gasteiger partial charge in [0, 0.05) is 0 Å². The van der Waals surface area contributed by atoms with Gasteiger partial charge in [0.25, 0.3) is 0 Å². The summed E-state index contributed by atoms with van der Waals surface area (Å²) in [6, 6.07) is 0. The maximum absolute atomic E-state index is 10.6. The van der Waals surface area contributed by atoms with Crippen molar-refractivity contribution in [1.82, 2.24) is 0 Å². The van der Waals surface area contributed by atoms with Crippen molar-refractivity contribution < 1.29 is 20.0 Å². The summed E-state index contributed by atoms with van der Waals surface area (Å²) in [6.07, 6.45) is 0. The summed E-state index contributed by atoms with van der Waals surface area (Å²) in [5.41, 5.74) is 0. The Bertz CT molecular complexity index is 31.0. The predicted octanol–water partition coefficient (Wildman–Crippen LogP) is 0.829. The Balaban J connectivity index is 2.80. The van der Waals surface area contributed by atoms with Crippen molar-refractivity contribution in [1.29, 1.82) is 0 Å². The van der Waals surface area contributed by atoms with Gasteiger partial charge < -0.3 is 0 Å². The van der Waals surface area contributed by atoms with Crippen LogP contribution < -0.4 is 0 Å². The number of hydrogen-bond acceptors (Lipinski definition) is 0. The van der Waals surface area contributed by atoms with Crippen molar-refractivity contribution in [3.05, 3.63) is 0 Å². The summed E-state index contributed by atoms with van der Waals surface area (Å²) in [6.45, 7) is 0. The van der Waals surface area contributed by atoms with Crippen molar-refractivity contribution in [3.63, 3.8) is 0 Å². The molecule has 0 fully saturated rings. The molecule has 0 aromatic rings. The van der Waals surface area contributed by atoms with Crippen molar-refractivity contribution in [2.75, 3.05) is 0 Å². The van der Waals surface area contributed by atoms with Gasteiger partial charge in [-0.25, -0.2) is 0 Å². The minimum absolute atomic E-state index is 0.861. The van der Waals surface area contributed by atoms with Gasteiger partial charge in [0.15, 0.2) is 0 Å². The van der Waals surface area contributed by atoms with E-state index in [-0.39, 0.29) is 0 Å². The quantitative estimate of drug-likeness (QED) is 0.418. The van der Waals surface area contributed by atoms with Gasteiger partial charge in [-0.3, -0.25) is 0 Å². The van der Waals surface area contributed by atoms with Gasteiger partial charge >= 0.3 is 35.7 Å². The molecule has 0 atom stereocenters. The van der Waals surface area contributed by atoms with Gasteiger partial charge in [-0.05, 0) is 0 Å². The second-order valence-corrected chi connectivity index (χ2v) is 1.32. The molecule has 0 aliphatic carbocycles.